The fourth-order valence-electron chi connectivity index (χ4n) is 1.18. The van der Waals surface area contributed by atoms with E-state index in [9.17, 15) is 0 Å². The van der Waals surface area contributed by atoms with E-state index < -0.39 is 0 Å². The van der Waals surface area contributed by atoms with Crippen LogP contribution < -0.4 is 11.1 Å². The van der Waals surface area contributed by atoms with Crippen LogP contribution in [0.3, 0.4) is 0 Å². The number of nitrogen functional groups attached to an aromatic ring is 1. The number of aromatic nitrogens is 1. The molecule has 16 heavy (non-hydrogen) atoms. The van der Waals surface area contributed by atoms with Crippen molar-refractivity contribution in [1.82, 2.24) is 4.98 Å². The molecule has 0 saturated heterocycles. The third-order valence-electron chi connectivity index (χ3n) is 1.93. The zero-order valence-corrected chi connectivity index (χ0v) is 11.3. The average Bonchev–Trinajstić information content (AvgIpc) is 2.20. The topological polar surface area (TPSA) is 60.2 Å². The van der Waals surface area contributed by atoms with Crippen LogP contribution in [-0.2, 0) is 4.74 Å². The summed E-state index contributed by atoms with van der Waals surface area (Å²) in [6.07, 6.45) is 2.88. The molecule has 0 spiro atoms. The Morgan fingerprint density at radius 2 is 2.31 bits per heavy atom. The Kier molecular flexibility index (Phi) is 5.55. The number of hydrogen-bond donors (Lipinski definition) is 2. The van der Waals surface area contributed by atoms with E-state index in [1.165, 1.54) is 0 Å². The maximum Gasteiger partial charge on any atom is 0.140 e. The van der Waals surface area contributed by atoms with E-state index in [1.54, 1.807) is 6.20 Å². The van der Waals surface area contributed by atoms with Crippen LogP contribution in [0, 0.1) is 0 Å². The predicted octanol–water partition coefficient (Wildman–Crippen LogP) is 2.65. The van der Waals surface area contributed by atoms with Gasteiger partial charge in [-0.2, -0.15) is 0 Å². The third kappa shape index (κ3) is 4.81. The molecule has 5 heteroatoms. The molecule has 0 fully saturated rings. The van der Waals surface area contributed by atoms with E-state index in [1.807, 2.05) is 19.9 Å². The van der Waals surface area contributed by atoms with Crippen LogP contribution in [0.15, 0.2) is 16.7 Å². The number of ether oxygens (including phenoxy) is 1. The Hall–Kier alpha value is -0.810. The molecule has 1 aromatic rings. The Morgan fingerprint density at radius 1 is 1.56 bits per heavy atom. The highest BCUT2D eigenvalue weighted by molar-refractivity contribution is 9.10. The van der Waals surface area contributed by atoms with E-state index in [0.29, 0.717) is 11.8 Å². The van der Waals surface area contributed by atoms with Gasteiger partial charge >= 0.3 is 0 Å². The summed E-state index contributed by atoms with van der Waals surface area (Å²) in [6, 6.07) is 1.83. The summed E-state index contributed by atoms with van der Waals surface area (Å²) in [6.45, 7) is 5.66. The first-order valence-corrected chi connectivity index (χ1v) is 6.15. The number of pyridine rings is 1. The largest absolute Gasteiger partial charge is 0.397 e. The number of nitrogens with one attached hydrogen (secondary N) is 1. The van der Waals surface area contributed by atoms with Gasteiger partial charge in [-0.05, 0) is 42.3 Å². The number of rotatable bonds is 6. The van der Waals surface area contributed by atoms with Crippen LogP contribution in [0.5, 0.6) is 0 Å². The Morgan fingerprint density at radius 3 is 2.94 bits per heavy atom. The van der Waals surface area contributed by atoms with Crippen LogP contribution in [0.4, 0.5) is 11.5 Å². The molecule has 0 saturated carbocycles. The first kappa shape index (κ1) is 13.3. The summed E-state index contributed by atoms with van der Waals surface area (Å²) in [5.41, 5.74) is 6.25. The monoisotopic (exact) mass is 287 g/mol. The minimum absolute atomic E-state index is 0.293. The minimum atomic E-state index is 0.293. The summed E-state index contributed by atoms with van der Waals surface area (Å²) in [7, 11) is 0. The molecule has 0 unspecified atom stereocenters. The number of halogens is 1. The molecule has 0 radical (unpaired) electrons. The number of nitrogens with two attached hydrogens (primary N) is 1. The van der Waals surface area contributed by atoms with Gasteiger partial charge in [-0.15, -0.1) is 0 Å². The van der Waals surface area contributed by atoms with Gasteiger partial charge in [0, 0.05) is 13.2 Å². The van der Waals surface area contributed by atoms with Crippen molar-refractivity contribution in [3.8, 4) is 0 Å². The first-order valence-electron chi connectivity index (χ1n) is 5.36. The molecule has 90 valence electrons. The molecular formula is C11H18BrN3O. The second-order valence-electron chi connectivity index (χ2n) is 3.80. The lowest BCUT2D eigenvalue weighted by molar-refractivity contribution is 0.0787. The van der Waals surface area contributed by atoms with E-state index in [4.69, 9.17) is 10.5 Å². The third-order valence-corrected chi connectivity index (χ3v) is 2.53. The Bertz CT molecular complexity index is 331. The van der Waals surface area contributed by atoms with Gasteiger partial charge in [0.05, 0.1) is 22.5 Å². The zero-order chi connectivity index (χ0) is 12.0. The molecule has 0 atom stereocenters. The Balaban J connectivity index is 2.27. The van der Waals surface area contributed by atoms with Gasteiger partial charge in [0.15, 0.2) is 0 Å². The summed E-state index contributed by atoms with van der Waals surface area (Å²) < 4.78 is 6.32. The molecule has 3 N–H and O–H groups in total. The van der Waals surface area contributed by atoms with Gasteiger partial charge < -0.3 is 15.8 Å². The lowest BCUT2D eigenvalue weighted by Gasteiger charge is -2.09. The number of nitrogens with zero attached hydrogens (tertiary/aromatic N) is 1. The quantitative estimate of drug-likeness (QED) is 0.790. The van der Waals surface area contributed by atoms with Gasteiger partial charge in [0.2, 0.25) is 0 Å². The molecule has 4 nitrogen and oxygen atoms in total. The SMILES string of the molecule is CC(C)OCCCNc1ncc(N)cc1Br. The Labute approximate surface area is 105 Å². The summed E-state index contributed by atoms with van der Waals surface area (Å²) in [5, 5.41) is 3.22. The fraction of sp³-hybridized carbons (Fsp3) is 0.545. The summed E-state index contributed by atoms with van der Waals surface area (Å²) >= 11 is 3.40. The van der Waals surface area contributed by atoms with Crippen molar-refractivity contribution >= 4 is 27.4 Å². The van der Waals surface area contributed by atoms with Gasteiger partial charge in [-0.1, -0.05) is 0 Å². The molecule has 0 bridgehead atoms. The number of hydrogen-bond acceptors (Lipinski definition) is 4. The van der Waals surface area contributed by atoms with Crippen molar-refractivity contribution in [3.63, 3.8) is 0 Å². The van der Waals surface area contributed by atoms with Gasteiger partial charge in [0.1, 0.15) is 5.82 Å². The summed E-state index contributed by atoms with van der Waals surface area (Å²) in [5.74, 6) is 0.818. The molecule has 0 aromatic carbocycles. The minimum Gasteiger partial charge on any atom is -0.397 e. The molecule has 0 amide bonds. The van der Waals surface area contributed by atoms with Crippen molar-refractivity contribution in [2.75, 3.05) is 24.2 Å². The lowest BCUT2D eigenvalue weighted by atomic mass is 10.4. The van der Waals surface area contributed by atoms with E-state index in [2.05, 4.69) is 26.2 Å². The average molecular weight is 288 g/mol. The molecule has 0 aliphatic carbocycles. The second-order valence-corrected chi connectivity index (χ2v) is 4.65. The summed E-state index contributed by atoms with van der Waals surface area (Å²) in [4.78, 5) is 4.19. The van der Waals surface area contributed by atoms with Crippen LogP contribution in [0.25, 0.3) is 0 Å². The smallest absolute Gasteiger partial charge is 0.140 e. The fourth-order valence-corrected chi connectivity index (χ4v) is 1.69. The lowest BCUT2D eigenvalue weighted by Crippen LogP contribution is -2.10. The van der Waals surface area contributed by atoms with Crippen molar-refractivity contribution in [3.05, 3.63) is 16.7 Å². The molecule has 1 aromatic heterocycles. The van der Waals surface area contributed by atoms with Crippen LogP contribution in [0.2, 0.25) is 0 Å². The van der Waals surface area contributed by atoms with Crippen LogP contribution in [-0.4, -0.2) is 24.2 Å². The maximum absolute atomic E-state index is 5.60. The molecular weight excluding hydrogens is 270 g/mol. The van der Waals surface area contributed by atoms with Gasteiger partial charge in [-0.25, -0.2) is 4.98 Å². The zero-order valence-electron chi connectivity index (χ0n) is 9.66. The normalized spacial score (nSPS) is 10.8. The van der Waals surface area contributed by atoms with Crippen molar-refractivity contribution in [2.24, 2.45) is 0 Å². The van der Waals surface area contributed by atoms with Crippen molar-refractivity contribution in [1.29, 1.82) is 0 Å². The maximum atomic E-state index is 5.60. The standard InChI is InChI=1S/C11H18BrN3O/c1-8(2)16-5-3-4-14-11-10(12)6-9(13)7-15-11/h6-8H,3-5,13H2,1-2H3,(H,14,15). The molecule has 0 aliphatic rings. The van der Waals surface area contributed by atoms with Gasteiger partial charge in [0.25, 0.3) is 0 Å². The van der Waals surface area contributed by atoms with Crippen molar-refractivity contribution < 1.29 is 4.74 Å². The highest BCUT2D eigenvalue weighted by atomic mass is 79.9. The van der Waals surface area contributed by atoms with Crippen LogP contribution >= 0.6 is 15.9 Å². The highest BCUT2D eigenvalue weighted by Crippen LogP contribution is 2.21. The molecule has 1 heterocycles. The molecule has 0 aliphatic heterocycles. The van der Waals surface area contributed by atoms with Crippen molar-refractivity contribution in [2.45, 2.75) is 26.4 Å². The number of anilines is 2. The predicted molar refractivity (Wildman–Crippen MR) is 70.5 cm³/mol. The van der Waals surface area contributed by atoms with Crippen LogP contribution in [0.1, 0.15) is 20.3 Å². The van der Waals surface area contributed by atoms with E-state index in [-0.39, 0.29) is 0 Å². The highest BCUT2D eigenvalue weighted by Gasteiger charge is 2.00. The van der Waals surface area contributed by atoms with Gasteiger partial charge in [-0.3, -0.25) is 0 Å². The first-order chi connectivity index (χ1) is 7.59. The second kappa shape index (κ2) is 6.70. The van der Waals surface area contributed by atoms with E-state index >= 15 is 0 Å². The van der Waals surface area contributed by atoms with E-state index in [0.717, 1.165) is 29.9 Å². The molecule has 1 rings (SSSR count).